The Morgan fingerprint density at radius 2 is 1.95 bits per heavy atom. The van der Waals surface area contributed by atoms with Crippen molar-refractivity contribution in [3.63, 3.8) is 0 Å². The number of esters is 1. The number of rotatable bonds is 3. The molecule has 0 bridgehead atoms. The number of piperidine rings is 1. The van der Waals surface area contributed by atoms with Crippen LogP contribution >= 0.6 is 12.2 Å². The number of carbonyl (C=O) groups excluding carboxylic acids is 1. The number of likely N-dealkylation sites (tertiary alicyclic amines) is 1. The van der Waals surface area contributed by atoms with E-state index in [2.05, 4.69) is 4.90 Å². The van der Waals surface area contributed by atoms with Crippen LogP contribution in [0.3, 0.4) is 0 Å². The van der Waals surface area contributed by atoms with Crippen LogP contribution in [0.5, 0.6) is 0 Å². The van der Waals surface area contributed by atoms with E-state index in [-0.39, 0.29) is 11.9 Å². The van der Waals surface area contributed by atoms with Gasteiger partial charge in [0.25, 0.3) is 0 Å². The fraction of sp³-hybridized carbons (Fsp3) is 0.467. The molecule has 0 aliphatic carbocycles. The van der Waals surface area contributed by atoms with Gasteiger partial charge in [-0.15, -0.1) is 0 Å². The Hall–Kier alpha value is -1.42. The molecule has 1 saturated heterocycles. The summed E-state index contributed by atoms with van der Waals surface area (Å²) in [5, 5.41) is 0. The quantitative estimate of drug-likeness (QED) is 0.627. The smallest absolute Gasteiger partial charge is 0.309 e. The van der Waals surface area contributed by atoms with E-state index in [0.29, 0.717) is 6.61 Å². The lowest BCUT2D eigenvalue weighted by Gasteiger charge is -2.32. The summed E-state index contributed by atoms with van der Waals surface area (Å²) in [5.41, 5.74) is 1.08. The first-order valence-electron chi connectivity index (χ1n) is 6.73. The molecule has 1 aliphatic rings. The predicted molar refractivity (Wildman–Crippen MR) is 79.1 cm³/mol. The number of thiocarbonyl (C=S) groups is 1. The molecule has 0 atom stereocenters. The standard InChI is InChI=1S/C15H19NO2S/c1-2-18-15(17)13-8-10-16(11-9-13)14(19)12-6-4-3-5-7-12/h3-7,13H,2,8-11H2,1H3. The summed E-state index contributed by atoms with van der Waals surface area (Å²) in [6, 6.07) is 10.0. The second-order valence-electron chi connectivity index (χ2n) is 4.68. The summed E-state index contributed by atoms with van der Waals surface area (Å²) in [6.45, 7) is 3.97. The van der Waals surface area contributed by atoms with Crippen molar-refractivity contribution in [1.29, 1.82) is 0 Å². The van der Waals surface area contributed by atoms with Crippen molar-refractivity contribution >= 4 is 23.2 Å². The van der Waals surface area contributed by atoms with Crippen molar-refractivity contribution in [1.82, 2.24) is 4.90 Å². The third-order valence-electron chi connectivity index (χ3n) is 3.42. The second kappa shape index (κ2) is 6.66. The minimum absolute atomic E-state index is 0.0368. The van der Waals surface area contributed by atoms with Crippen molar-refractivity contribution < 1.29 is 9.53 Å². The first-order valence-corrected chi connectivity index (χ1v) is 7.14. The SMILES string of the molecule is CCOC(=O)C1CCN(C(=S)c2ccccc2)CC1. The van der Waals surface area contributed by atoms with Crippen molar-refractivity contribution in [2.24, 2.45) is 5.92 Å². The van der Waals surface area contributed by atoms with Gasteiger partial charge in [0.15, 0.2) is 0 Å². The fourth-order valence-corrected chi connectivity index (χ4v) is 2.66. The highest BCUT2D eigenvalue weighted by Crippen LogP contribution is 2.20. The predicted octanol–water partition coefficient (Wildman–Crippen LogP) is 2.64. The van der Waals surface area contributed by atoms with E-state index >= 15 is 0 Å². The molecular formula is C15H19NO2S. The zero-order chi connectivity index (χ0) is 13.7. The zero-order valence-electron chi connectivity index (χ0n) is 11.2. The van der Waals surface area contributed by atoms with Crippen LogP contribution in [0.2, 0.25) is 0 Å². The van der Waals surface area contributed by atoms with Gasteiger partial charge in [-0.25, -0.2) is 0 Å². The summed E-state index contributed by atoms with van der Waals surface area (Å²) in [4.78, 5) is 14.7. The van der Waals surface area contributed by atoms with Crippen LogP contribution in [-0.4, -0.2) is 35.6 Å². The molecule has 0 saturated carbocycles. The number of ether oxygens (including phenoxy) is 1. The maximum atomic E-state index is 11.7. The first-order chi connectivity index (χ1) is 9.22. The molecule has 19 heavy (non-hydrogen) atoms. The van der Waals surface area contributed by atoms with E-state index < -0.39 is 0 Å². The van der Waals surface area contributed by atoms with Gasteiger partial charge >= 0.3 is 5.97 Å². The van der Waals surface area contributed by atoms with E-state index in [9.17, 15) is 4.79 Å². The summed E-state index contributed by atoms with van der Waals surface area (Å²) < 4.78 is 5.07. The molecule has 1 aromatic rings. The largest absolute Gasteiger partial charge is 0.466 e. The van der Waals surface area contributed by atoms with Crippen molar-refractivity contribution in [3.8, 4) is 0 Å². The van der Waals surface area contributed by atoms with Gasteiger partial charge in [-0.05, 0) is 19.8 Å². The molecule has 102 valence electrons. The highest BCUT2D eigenvalue weighted by molar-refractivity contribution is 7.80. The third kappa shape index (κ3) is 3.53. The lowest BCUT2D eigenvalue weighted by Crippen LogP contribution is -2.40. The Kier molecular flexibility index (Phi) is 4.91. The molecule has 0 unspecified atom stereocenters. The molecule has 1 aliphatic heterocycles. The van der Waals surface area contributed by atoms with Crippen LogP contribution in [0.4, 0.5) is 0 Å². The minimum atomic E-state index is -0.0622. The van der Waals surface area contributed by atoms with Crippen LogP contribution in [0, 0.1) is 5.92 Å². The Labute approximate surface area is 119 Å². The molecule has 0 spiro atoms. The number of carbonyl (C=O) groups is 1. The van der Waals surface area contributed by atoms with Gasteiger partial charge in [0.2, 0.25) is 0 Å². The van der Waals surface area contributed by atoms with Gasteiger partial charge in [-0.3, -0.25) is 4.79 Å². The van der Waals surface area contributed by atoms with Crippen molar-refractivity contribution in [2.45, 2.75) is 19.8 Å². The normalized spacial score (nSPS) is 16.2. The second-order valence-corrected chi connectivity index (χ2v) is 5.07. The number of benzene rings is 1. The Morgan fingerprint density at radius 3 is 2.53 bits per heavy atom. The Bertz CT molecular complexity index is 439. The Balaban J connectivity index is 1.90. The third-order valence-corrected chi connectivity index (χ3v) is 3.92. The number of nitrogens with zero attached hydrogens (tertiary/aromatic N) is 1. The highest BCUT2D eigenvalue weighted by atomic mass is 32.1. The average molecular weight is 277 g/mol. The van der Waals surface area contributed by atoms with Crippen LogP contribution < -0.4 is 0 Å². The molecule has 1 aromatic carbocycles. The topological polar surface area (TPSA) is 29.5 Å². The summed E-state index contributed by atoms with van der Waals surface area (Å²) in [5.74, 6) is -0.0254. The van der Waals surface area contributed by atoms with Gasteiger partial charge in [-0.2, -0.15) is 0 Å². The zero-order valence-corrected chi connectivity index (χ0v) is 12.0. The number of hydrogen-bond acceptors (Lipinski definition) is 3. The van der Waals surface area contributed by atoms with Crippen LogP contribution in [0.25, 0.3) is 0 Å². The highest BCUT2D eigenvalue weighted by Gasteiger charge is 2.27. The van der Waals surface area contributed by atoms with Crippen LogP contribution in [0.1, 0.15) is 25.3 Å². The molecule has 4 heteroatoms. The van der Waals surface area contributed by atoms with Gasteiger partial charge in [0.1, 0.15) is 4.99 Å². The first kappa shape index (κ1) is 14.0. The van der Waals surface area contributed by atoms with Crippen molar-refractivity contribution in [3.05, 3.63) is 35.9 Å². The lowest BCUT2D eigenvalue weighted by atomic mass is 9.96. The Morgan fingerprint density at radius 1 is 1.32 bits per heavy atom. The van der Waals surface area contributed by atoms with E-state index in [0.717, 1.165) is 36.5 Å². The molecule has 0 aromatic heterocycles. The van der Waals surface area contributed by atoms with Crippen molar-refractivity contribution in [2.75, 3.05) is 19.7 Å². The average Bonchev–Trinajstić information content (AvgIpc) is 2.48. The van der Waals surface area contributed by atoms with Crippen LogP contribution in [0.15, 0.2) is 30.3 Å². The van der Waals surface area contributed by atoms with E-state index in [1.165, 1.54) is 0 Å². The molecular weight excluding hydrogens is 258 g/mol. The number of hydrogen-bond donors (Lipinski definition) is 0. The maximum absolute atomic E-state index is 11.7. The molecule has 1 heterocycles. The molecule has 0 radical (unpaired) electrons. The van der Waals surface area contributed by atoms with Gasteiger partial charge < -0.3 is 9.64 Å². The van der Waals surface area contributed by atoms with E-state index in [4.69, 9.17) is 17.0 Å². The van der Waals surface area contributed by atoms with E-state index in [1.54, 1.807) is 0 Å². The van der Waals surface area contributed by atoms with Gasteiger partial charge in [0, 0.05) is 18.7 Å². The molecule has 1 fully saturated rings. The maximum Gasteiger partial charge on any atom is 0.309 e. The van der Waals surface area contributed by atoms with E-state index in [1.807, 2.05) is 37.3 Å². The lowest BCUT2D eigenvalue weighted by molar-refractivity contribution is -0.149. The molecule has 3 nitrogen and oxygen atoms in total. The minimum Gasteiger partial charge on any atom is -0.466 e. The van der Waals surface area contributed by atoms with Gasteiger partial charge in [0.05, 0.1) is 12.5 Å². The monoisotopic (exact) mass is 277 g/mol. The summed E-state index contributed by atoms with van der Waals surface area (Å²) >= 11 is 5.51. The molecule has 0 amide bonds. The molecule has 0 N–H and O–H groups in total. The van der Waals surface area contributed by atoms with Gasteiger partial charge in [-0.1, -0.05) is 42.5 Å². The van der Waals surface area contributed by atoms with Crippen LogP contribution in [-0.2, 0) is 9.53 Å². The summed E-state index contributed by atoms with van der Waals surface area (Å²) in [6.07, 6.45) is 1.65. The summed E-state index contributed by atoms with van der Waals surface area (Å²) in [7, 11) is 0. The fourth-order valence-electron chi connectivity index (χ4n) is 2.34. The molecule has 2 rings (SSSR count).